The van der Waals surface area contributed by atoms with Gasteiger partial charge in [0.05, 0.1) is 17.2 Å². The third-order valence-corrected chi connectivity index (χ3v) is 4.48. The van der Waals surface area contributed by atoms with Crippen molar-refractivity contribution in [3.05, 3.63) is 44.3 Å². The van der Waals surface area contributed by atoms with Gasteiger partial charge in [-0.1, -0.05) is 36.7 Å². The molecule has 1 heterocycles. The van der Waals surface area contributed by atoms with Crippen molar-refractivity contribution in [1.82, 2.24) is 4.98 Å². The highest BCUT2D eigenvalue weighted by atomic mass is 79.9. The van der Waals surface area contributed by atoms with Crippen LogP contribution in [0, 0.1) is 6.92 Å². The van der Waals surface area contributed by atoms with Crippen molar-refractivity contribution >= 4 is 33.0 Å². The van der Waals surface area contributed by atoms with Crippen molar-refractivity contribution in [2.45, 2.75) is 39.7 Å². The molecule has 0 spiro atoms. The minimum atomic E-state index is 0.134. The highest BCUT2D eigenvalue weighted by Gasteiger charge is 2.17. The first-order valence-electron chi connectivity index (χ1n) is 6.30. The maximum absolute atomic E-state index is 4.69. The Morgan fingerprint density at radius 3 is 2.58 bits per heavy atom. The Morgan fingerprint density at radius 1 is 1.26 bits per heavy atom. The highest BCUT2D eigenvalue weighted by Crippen LogP contribution is 2.26. The number of benzene rings is 1. The van der Waals surface area contributed by atoms with Gasteiger partial charge in [-0.25, -0.2) is 4.98 Å². The maximum atomic E-state index is 4.69. The molecule has 19 heavy (non-hydrogen) atoms. The van der Waals surface area contributed by atoms with E-state index in [1.54, 1.807) is 11.3 Å². The zero-order valence-corrected chi connectivity index (χ0v) is 14.2. The van der Waals surface area contributed by atoms with Gasteiger partial charge in [0.15, 0.2) is 0 Å². The normalized spacial score (nSPS) is 11.6. The fourth-order valence-electron chi connectivity index (χ4n) is 1.76. The van der Waals surface area contributed by atoms with E-state index in [0.29, 0.717) is 0 Å². The molecule has 0 unspecified atom stereocenters. The molecule has 2 rings (SSSR count). The van der Waals surface area contributed by atoms with Crippen molar-refractivity contribution in [3.63, 3.8) is 0 Å². The first kappa shape index (κ1) is 14.5. The summed E-state index contributed by atoms with van der Waals surface area (Å²) in [6, 6.07) is 6.33. The van der Waals surface area contributed by atoms with E-state index in [9.17, 15) is 0 Å². The summed E-state index contributed by atoms with van der Waals surface area (Å²) in [5.74, 6) is 0. The van der Waals surface area contributed by atoms with E-state index < -0.39 is 0 Å². The zero-order valence-electron chi connectivity index (χ0n) is 11.7. The smallest absolute Gasteiger partial charge is 0.0982 e. The largest absolute Gasteiger partial charge is 0.379 e. The topological polar surface area (TPSA) is 24.9 Å². The molecule has 0 fully saturated rings. The monoisotopic (exact) mass is 338 g/mol. The van der Waals surface area contributed by atoms with Gasteiger partial charge in [-0.3, -0.25) is 0 Å². The molecule has 0 bridgehead atoms. The summed E-state index contributed by atoms with van der Waals surface area (Å²) in [6.07, 6.45) is 0. The minimum Gasteiger partial charge on any atom is -0.379 e. The van der Waals surface area contributed by atoms with E-state index in [-0.39, 0.29) is 5.41 Å². The Balaban J connectivity index is 2.04. The van der Waals surface area contributed by atoms with Crippen LogP contribution in [0.1, 0.15) is 37.0 Å². The Hall–Kier alpha value is -0.870. The molecule has 0 saturated heterocycles. The molecule has 0 aliphatic rings. The van der Waals surface area contributed by atoms with Crippen LogP contribution in [0.4, 0.5) is 5.69 Å². The van der Waals surface area contributed by atoms with Gasteiger partial charge < -0.3 is 5.32 Å². The number of nitrogens with zero attached hydrogens (tertiary/aromatic N) is 1. The van der Waals surface area contributed by atoms with E-state index in [0.717, 1.165) is 22.4 Å². The lowest BCUT2D eigenvalue weighted by atomic mass is 9.98. The predicted octanol–water partition coefficient (Wildman–Crippen LogP) is 5.12. The van der Waals surface area contributed by atoms with Crippen molar-refractivity contribution < 1.29 is 0 Å². The van der Waals surface area contributed by atoms with Crippen LogP contribution in [0.3, 0.4) is 0 Å². The molecule has 102 valence electrons. The summed E-state index contributed by atoms with van der Waals surface area (Å²) in [5, 5.41) is 6.75. The predicted molar refractivity (Wildman–Crippen MR) is 87.0 cm³/mol. The third-order valence-electron chi connectivity index (χ3n) is 2.71. The van der Waals surface area contributed by atoms with Crippen LogP contribution in [0.25, 0.3) is 0 Å². The van der Waals surface area contributed by atoms with Crippen molar-refractivity contribution in [2.75, 3.05) is 5.32 Å². The molecular formula is C15H19BrN2S. The maximum Gasteiger partial charge on any atom is 0.0982 e. The van der Waals surface area contributed by atoms with Crippen LogP contribution >= 0.6 is 27.3 Å². The quantitative estimate of drug-likeness (QED) is 0.839. The van der Waals surface area contributed by atoms with Gasteiger partial charge in [0, 0.05) is 21.0 Å². The van der Waals surface area contributed by atoms with Gasteiger partial charge in [-0.2, -0.15) is 0 Å². The molecule has 2 nitrogen and oxygen atoms in total. The molecule has 1 aromatic heterocycles. The summed E-state index contributed by atoms with van der Waals surface area (Å²) in [7, 11) is 0. The van der Waals surface area contributed by atoms with Crippen LogP contribution in [-0.2, 0) is 12.0 Å². The Labute approximate surface area is 127 Å². The zero-order chi connectivity index (χ0) is 14.0. The lowest BCUT2D eigenvalue weighted by Gasteiger charge is -2.13. The molecule has 0 atom stereocenters. The second kappa shape index (κ2) is 5.63. The number of hydrogen-bond donors (Lipinski definition) is 1. The van der Waals surface area contributed by atoms with Crippen molar-refractivity contribution in [1.29, 1.82) is 0 Å². The molecular weight excluding hydrogens is 320 g/mol. The van der Waals surface area contributed by atoms with Crippen LogP contribution in [0.15, 0.2) is 28.1 Å². The average molecular weight is 339 g/mol. The van der Waals surface area contributed by atoms with Crippen molar-refractivity contribution in [3.8, 4) is 0 Å². The van der Waals surface area contributed by atoms with Crippen LogP contribution in [-0.4, -0.2) is 4.98 Å². The Morgan fingerprint density at radius 2 is 2.00 bits per heavy atom. The van der Waals surface area contributed by atoms with Crippen molar-refractivity contribution in [2.24, 2.45) is 0 Å². The van der Waals surface area contributed by atoms with Crippen LogP contribution in [0.2, 0.25) is 0 Å². The first-order chi connectivity index (χ1) is 8.84. The second-order valence-electron chi connectivity index (χ2n) is 5.76. The molecule has 1 aromatic carbocycles. The number of aryl methyl sites for hydroxylation is 1. The van der Waals surface area contributed by atoms with Gasteiger partial charge in [-0.15, -0.1) is 11.3 Å². The Kier molecular flexibility index (Phi) is 4.31. The minimum absolute atomic E-state index is 0.134. The van der Waals surface area contributed by atoms with Crippen LogP contribution < -0.4 is 5.32 Å². The van der Waals surface area contributed by atoms with E-state index in [1.165, 1.54) is 10.6 Å². The fraction of sp³-hybridized carbons (Fsp3) is 0.400. The summed E-state index contributed by atoms with van der Waals surface area (Å²) in [4.78, 5) is 4.69. The molecule has 2 aromatic rings. The van der Waals surface area contributed by atoms with Crippen LogP contribution in [0.5, 0.6) is 0 Å². The van der Waals surface area contributed by atoms with Gasteiger partial charge in [0.2, 0.25) is 0 Å². The number of aromatic nitrogens is 1. The number of hydrogen-bond acceptors (Lipinski definition) is 3. The Bertz CT molecular complexity index is 550. The SMILES string of the molecule is Cc1cc(Br)cc(NCc2csc(C(C)(C)C)n2)c1. The number of rotatable bonds is 3. The number of thiazole rings is 1. The molecule has 0 saturated carbocycles. The molecule has 0 amide bonds. The molecule has 0 radical (unpaired) electrons. The summed E-state index contributed by atoms with van der Waals surface area (Å²) in [5.41, 5.74) is 3.60. The number of anilines is 1. The second-order valence-corrected chi connectivity index (χ2v) is 7.54. The van der Waals surface area contributed by atoms with Gasteiger partial charge in [-0.05, 0) is 30.7 Å². The third kappa shape index (κ3) is 4.05. The average Bonchev–Trinajstić information content (AvgIpc) is 2.73. The summed E-state index contributed by atoms with van der Waals surface area (Å²) >= 11 is 5.25. The first-order valence-corrected chi connectivity index (χ1v) is 7.98. The van der Waals surface area contributed by atoms with Gasteiger partial charge in [0.25, 0.3) is 0 Å². The van der Waals surface area contributed by atoms with E-state index >= 15 is 0 Å². The number of halogens is 1. The molecule has 1 N–H and O–H groups in total. The number of nitrogens with one attached hydrogen (secondary N) is 1. The van der Waals surface area contributed by atoms with E-state index in [1.807, 2.05) is 0 Å². The standard InChI is InChI=1S/C15H19BrN2S/c1-10-5-11(16)7-12(6-10)17-8-13-9-19-14(18-13)15(2,3)4/h5-7,9,17H,8H2,1-4H3. The van der Waals surface area contributed by atoms with Gasteiger partial charge >= 0.3 is 0 Å². The fourth-order valence-corrected chi connectivity index (χ4v) is 3.28. The lowest BCUT2D eigenvalue weighted by Crippen LogP contribution is -2.11. The molecule has 4 heteroatoms. The van der Waals surface area contributed by atoms with Gasteiger partial charge in [0.1, 0.15) is 0 Å². The summed E-state index contributed by atoms with van der Waals surface area (Å²) in [6.45, 7) is 9.45. The highest BCUT2D eigenvalue weighted by molar-refractivity contribution is 9.10. The summed E-state index contributed by atoms with van der Waals surface area (Å²) < 4.78 is 1.10. The molecule has 0 aliphatic heterocycles. The van der Waals surface area contributed by atoms with E-state index in [4.69, 9.17) is 0 Å². The molecule has 0 aliphatic carbocycles. The lowest BCUT2D eigenvalue weighted by molar-refractivity contribution is 0.583. The van der Waals surface area contributed by atoms with E-state index in [2.05, 4.69) is 77.5 Å².